The molecule has 0 aliphatic heterocycles. The Morgan fingerprint density at radius 2 is 2.04 bits per heavy atom. The maximum absolute atomic E-state index is 11.8. The van der Waals surface area contributed by atoms with E-state index in [0.29, 0.717) is 24.6 Å². The average molecular weight is 352 g/mol. The number of amides is 1. The highest BCUT2D eigenvalue weighted by Gasteiger charge is 2.18. The lowest BCUT2D eigenvalue weighted by Gasteiger charge is -2.19. The number of hydrogen-bond donors (Lipinski definition) is 3. The van der Waals surface area contributed by atoms with Crippen molar-refractivity contribution in [3.05, 3.63) is 29.2 Å². The smallest absolute Gasteiger partial charge is 0.220 e. The van der Waals surface area contributed by atoms with Crippen LogP contribution in [0.3, 0.4) is 0 Å². The summed E-state index contributed by atoms with van der Waals surface area (Å²) in [5.41, 5.74) is 0.358. The standard InChI is InChI=1S/C16H24N4O3S/c17-20(24-15-8-5-13(19-23)6-9-15)11-14(21)7-10-16(22)18-12-3-1-2-4-12/h5-6,8-9,12,14,21H,1-4,7,10-11,17H2,(H,18,22). The van der Waals surface area contributed by atoms with E-state index in [2.05, 4.69) is 10.5 Å². The van der Waals surface area contributed by atoms with E-state index in [4.69, 9.17) is 5.84 Å². The third kappa shape index (κ3) is 6.56. The first-order chi connectivity index (χ1) is 11.6. The minimum Gasteiger partial charge on any atom is -0.392 e. The van der Waals surface area contributed by atoms with Gasteiger partial charge in [0.05, 0.1) is 12.6 Å². The van der Waals surface area contributed by atoms with E-state index in [-0.39, 0.29) is 12.5 Å². The fourth-order valence-corrected chi connectivity index (χ4v) is 3.48. The van der Waals surface area contributed by atoms with Crippen molar-refractivity contribution in [1.29, 1.82) is 0 Å². The highest BCUT2D eigenvalue weighted by atomic mass is 32.2. The van der Waals surface area contributed by atoms with Gasteiger partial charge < -0.3 is 10.4 Å². The van der Waals surface area contributed by atoms with Gasteiger partial charge in [0, 0.05) is 17.4 Å². The SMILES string of the molecule is NN(CC(O)CCC(=O)NC1CCCC1)Sc1ccc(N=O)cc1. The molecule has 0 bridgehead atoms. The van der Waals surface area contributed by atoms with Crippen LogP contribution in [0.4, 0.5) is 5.69 Å². The van der Waals surface area contributed by atoms with Crippen molar-refractivity contribution in [3.63, 3.8) is 0 Å². The van der Waals surface area contributed by atoms with E-state index < -0.39 is 6.10 Å². The van der Waals surface area contributed by atoms with E-state index in [9.17, 15) is 14.8 Å². The molecule has 2 rings (SSSR count). The summed E-state index contributed by atoms with van der Waals surface area (Å²) in [6.45, 7) is 0.245. The second-order valence-corrected chi connectivity index (χ2v) is 7.14. The molecule has 0 spiro atoms. The Kier molecular flexibility index (Phi) is 7.64. The zero-order chi connectivity index (χ0) is 17.4. The van der Waals surface area contributed by atoms with Crippen molar-refractivity contribution >= 4 is 23.5 Å². The zero-order valence-electron chi connectivity index (χ0n) is 13.6. The third-order valence-corrected chi connectivity index (χ3v) is 4.85. The molecule has 7 nitrogen and oxygen atoms in total. The van der Waals surface area contributed by atoms with Crippen LogP contribution < -0.4 is 11.2 Å². The number of aliphatic hydroxyl groups excluding tert-OH is 1. The van der Waals surface area contributed by atoms with Gasteiger partial charge in [-0.15, -0.1) is 4.91 Å². The van der Waals surface area contributed by atoms with Crippen LogP contribution in [0.15, 0.2) is 34.3 Å². The molecule has 1 aliphatic carbocycles. The lowest BCUT2D eigenvalue weighted by Crippen LogP contribution is -2.35. The average Bonchev–Trinajstić information content (AvgIpc) is 3.06. The molecule has 1 unspecified atom stereocenters. The molecule has 1 fully saturated rings. The highest BCUT2D eigenvalue weighted by molar-refractivity contribution is 7.97. The number of aliphatic hydroxyl groups is 1. The Morgan fingerprint density at radius 3 is 2.67 bits per heavy atom. The number of hydrazine groups is 1. The first-order valence-corrected chi connectivity index (χ1v) is 8.95. The van der Waals surface area contributed by atoms with E-state index in [1.54, 1.807) is 24.3 Å². The molecule has 24 heavy (non-hydrogen) atoms. The lowest BCUT2D eigenvalue weighted by molar-refractivity contribution is -0.122. The Morgan fingerprint density at radius 1 is 1.38 bits per heavy atom. The van der Waals surface area contributed by atoms with E-state index >= 15 is 0 Å². The minimum absolute atomic E-state index is 0.00544. The highest BCUT2D eigenvalue weighted by Crippen LogP contribution is 2.23. The van der Waals surface area contributed by atoms with Crippen LogP contribution in [-0.2, 0) is 4.79 Å². The van der Waals surface area contributed by atoms with Gasteiger partial charge in [0.2, 0.25) is 5.91 Å². The second kappa shape index (κ2) is 9.73. The molecule has 0 radical (unpaired) electrons. The predicted molar refractivity (Wildman–Crippen MR) is 94.3 cm³/mol. The van der Waals surface area contributed by atoms with Crippen LogP contribution in [0.5, 0.6) is 0 Å². The Balaban J connectivity index is 1.65. The molecule has 1 saturated carbocycles. The van der Waals surface area contributed by atoms with E-state index in [1.165, 1.54) is 29.2 Å². The number of nitrogens with zero attached hydrogens (tertiary/aromatic N) is 2. The van der Waals surface area contributed by atoms with Gasteiger partial charge in [0.25, 0.3) is 0 Å². The monoisotopic (exact) mass is 352 g/mol. The number of rotatable bonds is 9. The minimum atomic E-state index is -0.673. The topological polar surface area (TPSA) is 108 Å². The van der Waals surface area contributed by atoms with E-state index in [1.807, 2.05) is 0 Å². The normalized spacial score (nSPS) is 16.3. The number of nitroso groups, excluding NO2 is 1. The Bertz CT molecular complexity index is 535. The van der Waals surface area contributed by atoms with Crippen LogP contribution in [0.1, 0.15) is 38.5 Å². The van der Waals surface area contributed by atoms with E-state index in [0.717, 1.165) is 17.7 Å². The maximum Gasteiger partial charge on any atom is 0.220 e. The zero-order valence-corrected chi connectivity index (χ0v) is 14.4. The maximum atomic E-state index is 11.8. The summed E-state index contributed by atoms with van der Waals surface area (Å²) in [7, 11) is 0. The van der Waals surface area contributed by atoms with Gasteiger partial charge in [-0.25, -0.2) is 0 Å². The van der Waals surface area contributed by atoms with Crippen molar-refractivity contribution in [2.45, 2.75) is 55.6 Å². The molecule has 0 saturated heterocycles. The lowest BCUT2D eigenvalue weighted by atomic mass is 10.1. The van der Waals surface area contributed by atoms with Crippen LogP contribution in [0, 0.1) is 4.91 Å². The molecule has 4 N–H and O–H groups in total. The molecular formula is C16H24N4O3S. The molecule has 132 valence electrons. The van der Waals surface area contributed by atoms with Gasteiger partial charge in [0.15, 0.2) is 0 Å². The molecule has 0 heterocycles. The van der Waals surface area contributed by atoms with Crippen LogP contribution in [-0.4, -0.2) is 34.1 Å². The Labute approximate surface area is 146 Å². The van der Waals surface area contributed by atoms with Crippen LogP contribution in [0.25, 0.3) is 0 Å². The quantitative estimate of drug-likeness (QED) is 0.273. The number of carbonyl (C=O) groups is 1. The van der Waals surface area contributed by atoms with Crippen LogP contribution in [0.2, 0.25) is 0 Å². The molecule has 8 heteroatoms. The fraction of sp³-hybridized carbons (Fsp3) is 0.562. The number of benzene rings is 1. The molecule has 0 aromatic heterocycles. The molecular weight excluding hydrogens is 328 g/mol. The van der Waals surface area contributed by atoms with Gasteiger partial charge >= 0.3 is 0 Å². The van der Waals surface area contributed by atoms with Crippen molar-refractivity contribution in [1.82, 2.24) is 9.73 Å². The summed E-state index contributed by atoms with van der Waals surface area (Å²) in [5.74, 6) is 5.86. The number of hydrogen-bond acceptors (Lipinski definition) is 7. The second-order valence-electron chi connectivity index (χ2n) is 6.02. The summed E-state index contributed by atoms with van der Waals surface area (Å²) in [5, 5.41) is 15.9. The number of nitrogens with two attached hydrogens (primary N) is 1. The molecule has 1 aromatic rings. The van der Waals surface area contributed by atoms with Gasteiger partial charge in [-0.3, -0.25) is 10.6 Å². The van der Waals surface area contributed by atoms with Gasteiger partial charge in [0.1, 0.15) is 5.69 Å². The molecule has 1 amide bonds. The molecule has 1 atom stereocenters. The fourth-order valence-electron chi connectivity index (χ4n) is 2.71. The van der Waals surface area contributed by atoms with Crippen LogP contribution >= 0.6 is 11.9 Å². The van der Waals surface area contributed by atoms with Gasteiger partial charge in [-0.2, -0.15) is 4.41 Å². The predicted octanol–water partition coefficient (Wildman–Crippen LogP) is 2.47. The first-order valence-electron chi connectivity index (χ1n) is 8.18. The summed E-state index contributed by atoms with van der Waals surface area (Å²) in [4.78, 5) is 23.0. The third-order valence-electron chi connectivity index (χ3n) is 3.98. The number of carbonyl (C=O) groups excluding carboxylic acids is 1. The van der Waals surface area contributed by atoms with Crippen molar-refractivity contribution in [2.75, 3.05) is 6.54 Å². The van der Waals surface area contributed by atoms with Crippen molar-refractivity contribution < 1.29 is 9.90 Å². The summed E-state index contributed by atoms with van der Waals surface area (Å²) in [6.07, 6.45) is 4.47. The summed E-state index contributed by atoms with van der Waals surface area (Å²) < 4.78 is 1.42. The molecule has 1 aliphatic rings. The van der Waals surface area contributed by atoms with Gasteiger partial charge in [-0.1, -0.05) is 12.8 Å². The van der Waals surface area contributed by atoms with Crippen molar-refractivity contribution in [2.24, 2.45) is 11.0 Å². The summed E-state index contributed by atoms with van der Waals surface area (Å²) in [6, 6.07) is 6.99. The largest absolute Gasteiger partial charge is 0.392 e. The van der Waals surface area contributed by atoms with Gasteiger partial charge in [-0.05, 0) is 60.7 Å². The number of nitrogens with one attached hydrogen (secondary N) is 1. The van der Waals surface area contributed by atoms with Crippen molar-refractivity contribution in [3.8, 4) is 0 Å². The summed E-state index contributed by atoms with van der Waals surface area (Å²) >= 11 is 1.26. The first kappa shape index (κ1) is 18.9. The Hall–Kier alpha value is -1.48. The molecule has 1 aromatic carbocycles.